The van der Waals surface area contributed by atoms with Crippen LogP contribution in [0.3, 0.4) is 0 Å². The molecule has 10 heavy (non-hydrogen) atoms. The average Bonchev–Trinajstić information content (AvgIpc) is 0.811. The van der Waals surface area contributed by atoms with Gasteiger partial charge in [-0.3, -0.25) is 23.5 Å². The van der Waals surface area contributed by atoms with Crippen molar-refractivity contribution in [1.82, 2.24) is 0 Å². The van der Waals surface area contributed by atoms with Gasteiger partial charge < -0.3 is 5.73 Å². The highest BCUT2D eigenvalue weighted by atomic mass is 31.0. The van der Waals surface area contributed by atoms with Crippen molar-refractivity contribution in [3.63, 3.8) is 0 Å². The molecular formula is C3H14F5NP. The Bertz CT molecular complexity index is 21.6. The summed E-state index contributed by atoms with van der Waals surface area (Å²) in [6.45, 7) is 3.89. The average molecular weight is 190 g/mol. The van der Waals surface area contributed by atoms with Gasteiger partial charge in [-0.1, -0.05) is 13.8 Å². The molecule has 0 saturated carbocycles. The van der Waals surface area contributed by atoms with Gasteiger partial charge >= 0.3 is 0 Å². The van der Waals surface area contributed by atoms with Crippen molar-refractivity contribution in [3.05, 3.63) is 0 Å². The van der Waals surface area contributed by atoms with Gasteiger partial charge in [-0.2, -0.15) is 0 Å². The highest BCUT2D eigenvalue weighted by Gasteiger charge is 1.67. The molecule has 0 bridgehead atoms. The quantitative estimate of drug-likeness (QED) is 0.458. The van der Waals surface area contributed by atoms with Gasteiger partial charge in [0.25, 0.3) is 0 Å². The molecule has 0 spiro atoms. The first kappa shape index (κ1) is 88.8. The zero-order valence-electron chi connectivity index (χ0n) is 5.64. The number of hydrogen-bond donors (Lipinski definition) is 1. The first-order chi connectivity index (χ1) is 1.73. The fourth-order valence-corrected chi connectivity index (χ4v) is 0. The van der Waals surface area contributed by atoms with E-state index >= 15 is 0 Å². The Balaban J connectivity index is -0.00000000300. The van der Waals surface area contributed by atoms with E-state index in [4.69, 9.17) is 5.73 Å². The lowest BCUT2D eigenvalue weighted by Crippen LogP contribution is -2.06. The number of nitrogens with two attached hydrogens (primary N) is 1. The lowest BCUT2D eigenvalue weighted by Gasteiger charge is -1.81. The molecule has 71 valence electrons. The molecule has 0 rings (SSSR count). The molecule has 0 atom stereocenters. The van der Waals surface area contributed by atoms with Crippen LogP contribution in [-0.4, -0.2) is 6.04 Å². The lowest BCUT2D eigenvalue weighted by atomic mass is 10.5. The summed E-state index contributed by atoms with van der Waals surface area (Å²) in [5, 5.41) is 0. The van der Waals surface area contributed by atoms with Crippen LogP contribution in [0.4, 0.5) is 23.5 Å². The van der Waals surface area contributed by atoms with E-state index in [9.17, 15) is 0 Å². The summed E-state index contributed by atoms with van der Waals surface area (Å²) >= 11 is 0. The zero-order chi connectivity index (χ0) is 3.58. The minimum Gasteiger partial charge on any atom is -0.328 e. The summed E-state index contributed by atoms with van der Waals surface area (Å²) in [6, 6.07) is 0.333. The summed E-state index contributed by atoms with van der Waals surface area (Å²) in [7, 11) is 0. The van der Waals surface area contributed by atoms with Crippen molar-refractivity contribution in [2.45, 2.75) is 19.9 Å². The molecule has 0 saturated heterocycles. The maximum atomic E-state index is 5.11. The number of rotatable bonds is 0. The molecule has 0 amide bonds. The van der Waals surface area contributed by atoms with Crippen LogP contribution in [0, 0.1) is 0 Å². The van der Waals surface area contributed by atoms with Gasteiger partial charge in [0.15, 0.2) is 0 Å². The van der Waals surface area contributed by atoms with Crippen LogP contribution >= 0.6 is 9.90 Å². The molecule has 0 aliphatic heterocycles. The van der Waals surface area contributed by atoms with Crippen molar-refractivity contribution >= 4 is 9.90 Å². The number of halogens is 5. The fourth-order valence-electron chi connectivity index (χ4n) is 0. The van der Waals surface area contributed by atoms with Gasteiger partial charge in [-0.25, -0.2) is 0 Å². The molecule has 7 heteroatoms. The second kappa shape index (κ2) is 63.2. The van der Waals surface area contributed by atoms with Crippen LogP contribution in [0.1, 0.15) is 13.8 Å². The van der Waals surface area contributed by atoms with Gasteiger partial charge in [0, 0.05) is 9.90 Å². The van der Waals surface area contributed by atoms with E-state index in [-0.39, 0.29) is 33.4 Å². The third-order valence-corrected chi connectivity index (χ3v) is 0. The molecule has 2 N–H and O–H groups in total. The summed E-state index contributed by atoms with van der Waals surface area (Å²) in [4.78, 5) is 0. The first-order valence-electron chi connectivity index (χ1n) is 1.49. The van der Waals surface area contributed by atoms with Gasteiger partial charge in [0.2, 0.25) is 0 Å². The SMILES string of the molecule is CC(C)N.F.F.F.F.F.[P]. The van der Waals surface area contributed by atoms with E-state index in [1.807, 2.05) is 13.8 Å². The van der Waals surface area contributed by atoms with Crippen LogP contribution in [0.25, 0.3) is 0 Å². The topological polar surface area (TPSA) is 26.0 Å². The van der Waals surface area contributed by atoms with Crippen LogP contribution in [-0.2, 0) is 0 Å². The summed E-state index contributed by atoms with van der Waals surface area (Å²) in [5.74, 6) is 0. The van der Waals surface area contributed by atoms with Crippen LogP contribution in [0.2, 0.25) is 0 Å². The molecule has 0 aromatic rings. The van der Waals surface area contributed by atoms with Gasteiger partial charge in [-0.15, -0.1) is 0 Å². The van der Waals surface area contributed by atoms with Crippen molar-refractivity contribution in [2.24, 2.45) is 5.73 Å². The van der Waals surface area contributed by atoms with E-state index in [0.29, 0.717) is 6.04 Å². The predicted octanol–water partition coefficient (Wildman–Crippen LogP) is 1.98. The maximum absolute atomic E-state index is 5.11. The minimum absolute atomic E-state index is 0. The Morgan fingerprint density at radius 1 is 0.800 bits per heavy atom. The zero-order valence-corrected chi connectivity index (χ0v) is 6.54. The molecule has 0 fully saturated rings. The first-order valence-corrected chi connectivity index (χ1v) is 1.49. The van der Waals surface area contributed by atoms with Crippen molar-refractivity contribution < 1.29 is 23.5 Å². The summed E-state index contributed by atoms with van der Waals surface area (Å²) < 4.78 is 0. The van der Waals surface area contributed by atoms with E-state index in [0.717, 1.165) is 0 Å². The fraction of sp³-hybridized carbons (Fsp3) is 1.00. The van der Waals surface area contributed by atoms with Crippen LogP contribution < -0.4 is 5.73 Å². The highest BCUT2D eigenvalue weighted by molar-refractivity contribution is 6.92. The number of hydrogen-bond acceptors (Lipinski definition) is 1. The second-order valence-electron chi connectivity index (χ2n) is 1.24. The Hall–Kier alpha value is 0.0400. The van der Waals surface area contributed by atoms with Gasteiger partial charge in [0.05, 0.1) is 0 Å². The lowest BCUT2D eigenvalue weighted by molar-refractivity contribution is 0.834. The molecule has 0 aromatic heterocycles. The molecular weight excluding hydrogens is 176 g/mol. The van der Waals surface area contributed by atoms with E-state index < -0.39 is 0 Å². The van der Waals surface area contributed by atoms with Gasteiger partial charge in [0.1, 0.15) is 0 Å². The largest absolute Gasteiger partial charge is 0.328 e. The summed E-state index contributed by atoms with van der Waals surface area (Å²) in [6.07, 6.45) is 0. The third-order valence-electron chi connectivity index (χ3n) is 0. The molecule has 0 aromatic carbocycles. The van der Waals surface area contributed by atoms with E-state index in [1.54, 1.807) is 0 Å². The Morgan fingerprint density at radius 3 is 0.800 bits per heavy atom. The molecule has 0 heterocycles. The molecule has 1 nitrogen and oxygen atoms in total. The minimum atomic E-state index is 0. The monoisotopic (exact) mass is 190 g/mol. The normalized spacial score (nSPS) is 3.60. The van der Waals surface area contributed by atoms with Crippen LogP contribution in [0.5, 0.6) is 0 Å². The maximum Gasteiger partial charge on any atom is 0 e. The smallest absolute Gasteiger partial charge is 0 e. The molecule has 0 aliphatic rings. The van der Waals surface area contributed by atoms with Gasteiger partial charge in [-0.05, 0) is 6.04 Å². The summed E-state index contributed by atoms with van der Waals surface area (Å²) in [5.41, 5.74) is 5.11. The van der Waals surface area contributed by atoms with Crippen molar-refractivity contribution in [3.8, 4) is 0 Å². The van der Waals surface area contributed by atoms with Crippen molar-refractivity contribution in [2.75, 3.05) is 0 Å². The Kier molecular flexibility index (Phi) is 561. The van der Waals surface area contributed by atoms with Crippen molar-refractivity contribution in [1.29, 1.82) is 0 Å². The predicted molar refractivity (Wildman–Crippen MR) is 38.8 cm³/mol. The standard InChI is InChI=1S/C3H9N.5FH.P/c1-3(2)4;;;;;;/h3H,4H2,1-2H3;5*1H;. The van der Waals surface area contributed by atoms with E-state index in [2.05, 4.69) is 0 Å². The molecule has 0 unspecified atom stereocenters. The Labute approximate surface area is 60.2 Å². The molecule has 3 radical (unpaired) electrons. The highest BCUT2D eigenvalue weighted by Crippen LogP contribution is 1.58. The Morgan fingerprint density at radius 2 is 0.800 bits per heavy atom. The van der Waals surface area contributed by atoms with Crippen LogP contribution in [0.15, 0.2) is 0 Å². The third kappa shape index (κ3) is 249000. The molecule has 0 aliphatic carbocycles. The van der Waals surface area contributed by atoms with E-state index in [1.165, 1.54) is 0 Å². The second-order valence-corrected chi connectivity index (χ2v) is 1.24.